The van der Waals surface area contributed by atoms with Gasteiger partial charge in [-0.05, 0) is 46.7 Å². The summed E-state index contributed by atoms with van der Waals surface area (Å²) in [4.78, 5) is 17.0. The Balaban J connectivity index is 1.40. The Morgan fingerprint density at radius 2 is 1.69 bits per heavy atom. The van der Waals surface area contributed by atoms with E-state index >= 15 is 0 Å². The molecule has 156 valence electrons. The number of nitrogens with zero attached hydrogens (tertiary/aromatic N) is 1. The van der Waals surface area contributed by atoms with E-state index in [1.807, 2.05) is 91.0 Å². The number of hydrogen-bond donors (Lipinski definition) is 0. The van der Waals surface area contributed by atoms with Crippen LogP contribution in [0.2, 0.25) is 0 Å². The lowest BCUT2D eigenvalue weighted by Gasteiger charge is -2.08. The van der Waals surface area contributed by atoms with Crippen LogP contribution in [0, 0.1) is 0 Å². The van der Waals surface area contributed by atoms with Crippen molar-refractivity contribution in [2.24, 2.45) is 4.99 Å². The maximum absolute atomic E-state index is 12.5. The number of hydrogen-bond acceptors (Lipinski definition) is 4. The molecule has 4 aromatic carbocycles. The van der Waals surface area contributed by atoms with Crippen molar-refractivity contribution >= 4 is 44.6 Å². The Morgan fingerprint density at radius 3 is 2.59 bits per heavy atom. The Hall–Kier alpha value is -3.70. The lowest BCUT2D eigenvalue weighted by Crippen LogP contribution is -2.05. The molecule has 0 aromatic heterocycles. The van der Waals surface area contributed by atoms with Crippen LogP contribution in [0.1, 0.15) is 16.7 Å². The number of fused-ring (bicyclic) bond motifs is 1. The zero-order chi connectivity index (χ0) is 21.9. The molecule has 0 bridgehead atoms. The van der Waals surface area contributed by atoms with Crippen LogP contribution in [0.25, 0.3) is 16.8 Å². The number of carbonyl (C=O) groups excluding carboxylic acids is 1. The lowest BCUT2D eigenvalue weighted by molar-refractivity contribution is -0.129. The molecule has 5 rings (SSSR count). The first-order valence-corrected chi connectivity index (χ1v) is 10.9. The Kier molecular flexibility index (Phi) is 5.57. The van der Waals surface area contributed by atoms with Gasteiger partial charge in [0.15, 0.2) is 5.70 Å². The Labute approximate surface area is 194 Å². The fraction of sp³-hybridized carbons (Fsp3) is 0.0370. The summed E-state index contributed by atoms with van der Waals surface area (Å²) >= 11 is 3.53. The van der Waals surface area contributed by atoms with Gasteiger partial charge < -0.3 is 9.47 Å². The average molecular weight is 484 g/mol. The number of aliphatic imine (C=N–C) groups is 1. The molecule has 0 N–H and O–H groups in total. The standard InChI is InChI=1S/C27H18BrNO3/c28-24-14-4-2-9-20(24)17-31-21-11-5-7-18(15-21)16-25-27(30)32-26(29-25)23-13-6-10-19-8-1-3-12-22(19)23/h1-16H,17H2. The molecule has 0 spiro atoms. The van der Waals surface area contributed by atoms with Gasteiger partial charge in [-0.25, -0.2) is 9.79 Å². The third-order valence-electron chi connectivity index (χ3n) is 5.15. The highest BCUT2D eigenvalue weighted by atomic mass is 79.9. The molecule has 0 radical (unpaired) electrons. The van der Waals surface area contributed by atoms with Gasteiger partial charge in [-0.2, -0.15) is 0 Å². The van der Waals surface area contributed by atoms with E-state index in [-0.39, 0.29) is 5.70 Å². The third-order valence-corrected chi connectivity index (χ3v) is 5.93. The van der Waals surface area contributed by atoms with Gasteiger partial charge >= 0.3 is 5.97 Å². The number of ether oxygens (including phenoxy) is 2. The van der Waals surface area contributed by atoms with Crippen molar-refractivity contribution in [1.29, 1.82) is 0 Å². The van der Waals surface area contributed by atoms with Gasteiger partial charge in [-0.15, -0.1) is 0 Å². The van der Waals surface area contributed by atoms with E-state index < -0.39 is 5.97 Å². The van der Waals surface area contributed by atoms with Crippen molar-refractivity contribution in [1.82, 2.24) is 0 Å². The molecule has 1 aliphatic heterocycles. The molecule has 0 unspecified atom stereocenters. The van der Waals surface area contributed by atoms with Crippen LogP contribution in [0.5, 0.6) is 5.75 Å². The largest absolute Gasteiger partial charge is 0.489 e. The van der Waals surface area contributed by atoms with E-state index in [0.29, 0.717) is 18.3 Å². The molecule has 5 heteroatoms. The molecule has 0 saturated carbocycles. The zero-order valence-electron chi connectivity index (χ0n) is 17.0. The first-order valence-electron chi connectivity index (χ1n) is 10.1. The number of cyclic esters (lactones) is 1. The fourth-order valence-electron chi connectivity index (χ4n) is 3.56. The number of carbonyl (C=O) groups is 1. The topological polar surface area (TPSA) is 47.9 Å². The normalized spacial score (nSPS) is 14.5. The number of halogens is 1. The summed E-state index contributed by atoms with van der Waals surface area (Å²) in [5, 5.41) is 2.06. The van der Waals surface area contributed by atoms with Crippen molar-refractivity contribution in [3.05, 3.63) is 118 Å². The van der Waals surface area contributed by atoms with E-state index in [1.54, 1.807) is 6.08 Å². The lowest BCUT2D eigenvalue weighted by atomic mass is 10.0. The summed E-state index contributed by atoms with van der Waals surface area (Å²) in [5.41, 5.74) is 2.92. The molecule has 1 heterocycles. The summed E-state index contributed by atoms with van der Waals surface area (Å²) < 4.78 is 12.4. The van der Waals surface area contributed by atoms with Gasteiger partial charge in [0.1, 0.15) is 12.4 Å². The van der Waals surface area contributed by atoms with Gasteiger partial charge in [0.25, 0.3) is 0 Å². The maximum atomic E-state index is 12.5. The van der Waals surface area contributed by atoms with Crippen LogP contribution in [0.15, 0.2) is 106 Å². The van der Waals surface area contributed by atoms with E-state index in [2.05, 4.69) is 20.9 Å². The predicted molar refractivity (Wildman–Crippen MR) is 129 cm³/mol. The van der Waals surface area contributed by atoms with Gasteiger partial charge in [-0.1, -0.05) is 82.7 Å². The van der Waals surface area contributed by atoms with Gasteiger partial charge in [0.05, 0.1) is 0 Å². The van der Waals surface area contributed by atoms with Crippen LogP contribution < -0.4 is 4.74 Å². The van der Waals surface area contributed by atoms with Crippen LogP contribution in [-0.2, 0) is 16.1 Å². The first kappa shape index (κ1) is 20.2. The highest BCUT2D eigenvalue weighted by Gasteiger charge is 2.25. The highest BCUT2D eigenvalue weighted by molar-refractivity contribution is 9.10. The fourth-order valence-corrected chi connectivity index (χ4v) is 3.96. The van der Waals surface area contributed by atoms with Crippen LogP contribution in [0.4, 0.5) is 0 Å². The molecule has 0 amide bonds. The smallest absolute Gasteiger partial charge is 0.363 e. The first-order chi connectivity index (χ1) is 15.7. The van der Waals surface area contributed by atoms with Gasteiger partial charge in [0.2, 0.25) is 5.90 Å². The summed E-state index contributed by atoms with van der Waals surface area (Å²) in [6.45, 7) is 0.437. The minimum absolute atomic E-state index is 0.260. The maximum Gasteiger partial charge on any atom is 0.363 e. The SMILES string of the molecule is O=C1OC(c2cccc3ccccc23)=NC1=Cc1cccc(OCc2ccccc2Br)c1. The van der Waals surface area contributed by atoms with Crippen molar-refractivity contribution in [2.45, 2.75) is 6.61 Å². The third kappa shape index (κ3) is 4.20. The van der Waals surface area contributed by atoms with Crippen LogP contribution in [0.3, 0.4) is 0 Å². The molecule has 32 heavy (non-hydrogen) atoms. The van der Waals surface area contributed by atoms with E-state index in [4.69, 9.17) is 9.47 Å². The monoisotopic (exact) mass is 483 g/mol. The minimum Gasteiger partial charge on any atom is -0.489 e. The molecule has 0 fully saturated rings. The van der Waals surface area contributed by atoms with E-state index in [0.717, 1.165) is 31.9 Å². The molecular weight excluding hydrogens is 466 g/mol. The van der Waals surface area contributed by atoms with E-state index in [1.165, 1.54) is 0 Å². The number of esters is 1. The van der Waals surface area contributed by atoms with Crippen molar-refractivity contribution in [3.8, 4) is 5.75 Å². The van der Waals surface area contributed by atoms with Crippen molar-refractivity contribution in [2.75, 3.05) is 0 Å². The van der Waals surface area contributed by atoms with Crippen LogP contribution in [-0.4, -0.2) is 11.9 Å². The molecular formula is C27H18BrNO3. The summed E-state index contributed by atoms with van der Waals surface area (Å²) in [6, 6.07) is 29.3. The molecule has 0 saturated heterocycles. The van der Waals surface area contributed by atoms with Crippen molar-refractivity contribution < 1.29 is 14.3 Å². The molecule has 4 nitrogen and oxygen atoms in total. The molecule has 0 atom stereocenters. The highest BCUT2D eigenvalue weighted by Crippen LogP contribution is 2.26. The Bertz CT molecular complexity index is 1390. The second kappa shape index (κ2) is 8.81. The second-order valence-electron chi connectivity index (χ2n) is 7.32. The van der Waals surface area contributed by atoms with E-state index in [9.17, 15) is 4.79 Å². The summed E-state index contributed by atoms with van der Waals surface area (Å²) in [7, 11) is 0. The molecule has 1 aliphatic rings. The molecule has 4 aromatic rings. The van der Waals surface area contributed by atoms with Gasteiger partial charge in [0, 0.05) is 15.6 Å². The second-order valence-corrected chi connectivity index (χ2v) is 8.17. The van der Waals surface area contributed by atoms with Gasteiger partial charge in [-0.3, -0.25) is 0 Å². The quantitative estimate of drug-likeness (QED) is 0.239. The minimum atomic E-state index is -0.465. The number of benzene rings is 4. The summed E-state index contributed by atoms with van der Waals surface area (Å²) in [5.74, 6) is 0.562. The van der Waals surface area contributed by atoms with Crippen LogP contribution >= 0.6 is 15.9 Å². The predicted octanol–water partition coefficient (Wildman–Crippen LogP) is 6.53. The summed E-state index contributed by atoms with van der Waals surface area (Å²) in [6.07, 6.45) is 1.71. The molecule has 0 aliphatic carbocycles. The zero-order valence-corrected chi connectivity index (χ0v) is 18.6. The Morgan fingerprint density at radius 1 is 0.906 bits per heavy atom. The van der Waals surface area contributed by atoms with Crippen molar-refractivity contribution in [3.63, 3.8) is 0 Å². The average Bonchev–Trinajstić information content (AvgIpc) is 3.18. The number of rotatable bonds is 5.